The first-order valence-corrected chi connectivity index (χ1v) is 6.40. The minimum Gasteiger partial charge on any atom is -0.481 e. The van der Waals surface area contributed by atoms with E-state index in [9.17, 15) is 9.59 Å². The first kappa shape index (κ1) is 15.0. The third-order valence-corrected chi connectivity index (χ3v) is 3.17. The number of nitrogens with zero attached hydrogens (tertiary/aromatic N) is 1. The SMILES string of the molecule is CC(C(=O)OC(C)(C)C)N1CCC(C(=O)O)CC1. The Hall–Kier alpha value is -1.10. The van der Waals surface area contributed by atoms with Crippen LogP contribution in [0.5, 0.6) is 0 Å². The van der Waals surface area contributed by atoms with Crippen LogP contribution < -0.4 is 0 Å². The maximum Gasteiger partial charge on any atom is 0.323 e. The molecule has 0 radical (unpaired) electrons. The zero-order chi connectivity index (χ0) is 13.9. The fourth-order valence-electron chi connectivity index (χ4n) is 2.07. The van der Waals surface area contributed by atoms with Crippen molar-refractivity contribution in [1.29, 1.82) is 0 Å². The lowest BCUT2D eigenvalue weighted by atomic mass is 9.96. The molecule has 1 unspecified atom stereocenters. The van der Waals surface area contributed by atoms with E-state index in [1.54, 1.807) is 0 Å². The number of aliphatic carboxylic acids is 1. The van der Waals surface area contributed by atoms with Crippen LogP contribution in [0.2, 0.25) is 0 Å². The number of carbonyl (C=O) groups is 2. The molecule has 0 bridgehead atoms. The molecule has 1 rings (SSSR count). The van der Waals surface area contributed by atoms with Crippen LogP contribution >= 0.6 is 0 Å². The van der Waals surface area contributed by atoms with Crippen molar-refractivity contribution in [3.8, 4) is 0 Å². The summed E-state index contributed by atoms with van der Waals surface area (Å²) >= 11 is 0. The highest BCUT2D eigenvalue weighted by atomic mass is 16.6. The van der Waals surface area contributed by atoms with Crippen molar-refractivity contribution >= 4 is 11.9 Å². The summed E-state index contributed by atoms with van der Waals surface area (Å²) < 4.78 is 5.33. The van der Waals surface area contributed by atoms with Gasteiger partial charge in [-0.15, -0.1) is 0 Å². The first-order valence-electron chi connectivity index (χ1n) is 6.40. The molecule has 104 valence electrons. The number of carboxylic acids is 1. The molecule has 0 saturated carbocycles. The molecule has 0 amide bonds. The van der Waals surface area contributed by atoms with Crippen molar-refractivity contribution in [2.75, 3.05) is 13.1 Å². The number of ether oxygens (including phenoxy) is 1. The van der Waals surface area contributed by atoms with Crippen LogP contribution in [0.1, 0.15) is 40.5 Å². The van der Waals surface area contributed by atoms with Crippen LogP contribution in [0.3, 0.4) is 0 Å². The van der Waals surface area contributed by atoms with Gasteiger partial charge in [0.1, 0.15) is 11.6 Å². The third kappa shape index (κ3) is 4.29. The maximum atomic E-state index is 11.9. The molecule has 1 N–H and O–H groups in total. The van der Waals surface area contributed by atoms with Gasteiger partial charge in [-0.05, 0) is 53.6 Å². The summed E-state index contributed by atoms with van der Waals surface area (Å²) in [6.45, 7) is 8.61. The molecule has 0 aromatic heterocycles. The van der Waals surface area contributed by atoms with Crippen LogP contribution in [0.15, 0.2) is 0 Å². The molecule has 0 aliphatic carbocycles. The largest absolute Gasteiger partial charge is 0.481 e. The Morgan fingerprint density at radius 1 is 1.28 bits per heavy atom. The van der Waals surface area contributed by atoms with E-state index in [1.807, 2.05) is 32.6 Å². The van der Waals surface area contributed by atoms with E-state index < -0.39 is 11.6 Å². The fraction of sp³-hybridized carbons (Fsp3) is 0.846. The summed E-state index contributed by atoms with van der Waals surface area (Å²) in [4.78, 5) is 24.7. The molecule has 0 aromatic rings. The van der Waals surface area contributed by atoms with E-state index >= 15 is 0 Å². The summed E-state index contributed by atoms with van der Waals surface area (Å²) in [5, 5.41) is 8.91. The van der Waals surface area contributed by atoms with Crippen molar-refractivity contribution in [3.05, 3.63) is 0 Å². The van der Waals surface area contributed by atoms with Crippen LogP contribution in [-0.4, -0.2) is 46.7 Å². The van der Waals surface area contributed by atoms with E-state index in [-0.39, 0.29) is 17.9 Å². The zero-order valence-electron chi connectivity index (χ0n) is 11.6. The predicted molar refractivity (Wildman–Crippen MR) is 67.2 cm³/mol. The molecular weight excluding hydrogens is 234 g/mol. The van der Waals surface area contributed by atoms with Gasteiger partial charge in [0.15, 0.2) is 0 Å². The number of esters is 1. The molecule has 1 aliphatic heterocycles. The highest BCUT2D eigenvalue weighted by Gasteiger charge is 2.31. The molecule has 0 spiro atoms. The second-order valence-corrected chi connectivity index (χ2v) is 5.86. The minimum atomic E-state index is -0.737. The third-order valence-electron chi connectivity index (χ3n) is 3.17. The smallest absolute Gasteiger partial charge is 0.323 e. The molecule has 18 heavy (non-hydrogen) atoms. The standard InChI is InChI=1S/C13H23NO4/c1-9(12(17)18-13(2,3)4)14-7-5-10(6-8-14)11(15)16/h9-10H,5-8H2,1-4H3,(H,15,16). The van der Waals surface area contributed by atoms with Crippen LogP contribution in [0.25, 0.3) is 0 Å². The van der Waals surface area contributed by atoms with E-state index in [2.05, 4.69) is 0 Å². The predicted octanol–water partition coefficient (Wildman–Crippen LogP) is 1.51. The monoisotopic (exact) mass is 257 g/mol. The van der Waals surface area contributed by atoms with Gasteiger partial charge in [0, 0.05) is 0 Å². The Balaban J connectivity index is 2.47. The van der Waals surface area contributed by atoms with Crippen molar-refractivity contribution in [1.82, 2.24) is 4.90 Å². The number of hydrogen-bond acceptors (Lipinski definition) is 4. The van der Waals surface area contributed by atoms with E-state index in [0.717, 1.165) is 0 Å². The van der Waals surface area contributed by atoms with Gasteiger partial charge in [0.25, 0.3) is 0 Å². The Kier molecular flexibility index (Phi) is 4.73. The van der Waals surface area contributed by atoms with Crippen LogP contribution in [-0.2, 0) is 14.3 Å². The van der Waals surface area contributed by atoms with Crippen molar-refractivity contribution in [2.24, 2.45) is 5.92 Å². The maximum absolute atomic E-state index is 11.9. The number of rotatable bonds is 3. The lowest BCUT2D eigenvalue weighted by Gasteiger charge is -2.34. The summed E-state index contributed by atoms with van der Waals surface area (Å²) in [7, 11) is 0. The molecule has 1 atom stereocenters. The van der Waals surface area contributed by atoms with Gasteiger partial charge in [0.05, 0.1) is 5.92 Å². The Labute approximate surface area is 108 Å². The molecule has 0 aromatic carbocycles. The van der Waals surface area contributed by atoms with Gasteiger partial charge in [0.2, 0.25) is 0 Å². The van der Waals surface area contributed by atoms with Crippen molar-refractivity contribution in [3.63, 3.8) is 0 Å². The fourth-order valence-corrected chi connectivity index (χ4v) is 2.07. The van der Waals surface area contributed by atoms with Crippen LogP contribution in [0, 0.1) is 5.92 Å². The average molecular weight is 257 g/mol. The van der Waals surface area contributed by atoms with Gasteiger partial charge in [-0.2, -0.15) is 0 Å². The Morgan fingerprint density at radius 2 is 1.78 bits per heavy atom. The molecule has 1 heterocycles. The van der Waals surface area contributed by atoms with Gasteiger partial charge < -0.3 is 9.84 Å². The highest BCUT2D eigenvalue weighted by Crippen LogP contribution is 2.20. The molecule has 1 aliphatic rings. The van der Waals surface area contributed by atoms with Crippen molar-refractivity contribution in [2.45, 2.75) is 52.2 Å². The van der Waals surface area contributed by atoms with Crippen molar-refractivity contribution < 1.29 is 19.4 Å². The lowest BCUT2D eigenvalue weighted by molar-refractivity contribution is -0.161. The number of likely N-dealkylation sites (tertiary alicyclic amines) is 1. The van der Waals surface area contributed by atoms with Crippen LogP contribution in [0.4, 0.5) is 0 Å². The average Bonchev–Trinajstić information content (AvgIpc) is 2.26. The summed E-state index contributed by atoms with van der Waals surface area (Å²) in [6, 6.07) is -0.307. The zero-order valence-corrected chi connectivity index (χ0v) is 11.6. The molecule has 1 saturated heterocycles. The first-order chi connectivity index (χ1) is 8.20. The number of hydrogen-bond donors (Lipinski definition) is 1. The van der Waals surface area contributed by atoms with E-state index in [4.69, 9.17) is 9.84 Å². The summed E-state index contributed by atoms with van der Waals surface area (Å²) in [5.41, 5.74) is -0.481. The molecule has 5 heteroatoms. The van der Waals surface area contributed by atoms with Gasteiger partial charge in [-0.25, -0.2) is 0 Å². The summed E-state index contributed by atoms with van der Waals surface area (Å²) in [6.07, 6.45) is 1.20. The molecule has 1 fully saturated rings. The van der Waals surface area contributed by atoms with E-state index in [0.29, 0.717) is 25.9 Å². The molecule has 5 nitrogen and oxygen atoms in total. The van der Waals surface area contributed by atoms with Gasteiger partial charge >= 0.3 is 11.9 Å². The van der Waals surface area contributed by atoms with Gasteiger partial charge in [-0.3, -0.25) is 14.5 Å². The summed E-state index contributed by atoms with van der Waals surface area (Å²) in [5.74, 6) is -1.25. The topological polar surface area (TPSA) is 66.8 Å². The Bertz CT molecular complexity index is 313. The second-order valence-electron chi connectivity index (χ2n) is 5.86. The molecular formula is C13H23NO4. The minimum absolute atomic E-state index is 0.240. The van der Waals surface area contributed by atoms with Gasteiger partial charge in [-0.1, -0.05) is 0 Å². The number of carbonyl (C=O) groups excluding carboxylic acids is 1. The number of piperidine rings is 1. The second kappa shape index (κ2) is 5.69. The lowest BCUT2D eigenvalue weighted by Crippen LogP contribution is -2.47. The normalized spacial score (nSPS) is 20.4. The highest BCUT2D eigenvalue weighted by molar-refractivity contribution is 5.76. The Morgan fingerprint density at radius 3 is 2.17 bits per heavy atom. The van der Waals surface area contributed by atoms with E-state index in [1.165, 1.54) is 0 Å². The number of carboxylic acid groups (broad SMARTS) is 1. The quantitative estimate of drug-likeness (QED) is 0.776.